The van der Waals surface area contributed by atoms with E-state index in [-0.39, 0.29) is 0 Å². The van der Waals surface area contributed by atoms with Crippen LogP contribution in [-0.4, -0.2) is 37.6 Å². The minimum absolute atomic E-state index is 0.596. The predicted octanol–water partition coefficient (Wildman–Crippen LogP) is 3.32. The molecular formula is C14H27BrN4. The fraction of sp³-hybridized carbons (Fsp3) is 0.857. The number of nitrogens with zero attached hydrogens (tertiary/aromatic N) is 4. The van der Waals surface area contributed by atoms with Crippen LogP contribution in [0.2, 0.25) is 0 Å². The van der Waals surface area contributed by atoms with Gasteiger partial charge in [0.15, 0.2) is 0 Å². The van der Waals surface area contributed by atoms with Gasteiger partial charge in [-0.05, 0) is 18.8 Å². The van der Waals surface area contributed by atoms with Gasteiger partial charge >= 0.3 is 0 Å². The van der Waals surface area contributed by atoms with Crippen molar-refractivity contribution in [3.05, 3.63) is 12.2 Å². The predicted molar refractivity (Wildman–Crippen MR) is 83.4 cm³/mol. The van der Waals surface area contributed by atoms with Crippen LogP contribution in [0.3, 0.4) is 0 Å². The summed E-state index contributed by atoms with van der Waals surface area (Å²) in [6, 6.07) is 0.627. The molecule has 0 radical (unpaired) electrons. The van der Waals surface area contributed by atoms with Gasteiger partial charge in [0, 0.05) is 24.5 Å². The zero-order valence-electron chi connectivity index (χ0n) is 12.6. The van der Waals surface area contributed by atoms with Crippen molar-refractivity contribution < 1.29 is 0 Å². The molecule has 0 N–H and O–H groups in total. The van der Waals surface area contributed by atoms with Crippen LogP contribution in [0.1, 0.15) is 46.4 Å². The lowest BCUT2D eigenvalue weighted by atomic mass is 10.1. The van der Waals surface area contributed by atoms with Gasteiger partial charge in [-0.2, -0.15) is 5.10 Å². The van der Waals surface area contributed by atoms with E-state index >= 15 is 0 Å². The van der Waals surface area contributed by atoms with E-state index in [0.717, 1.165) is 30.8 Å². The van der Waals surface area contributed by atoms with Gasteiger partial charge in [-0.3, -0.25) is 4.90 Å². The Kier molecular flexibility index (Phi) is 7.61. The van der Waals surface area contributed by atoms with Crippen molar-refractivity contribution in [1.29, 1.82) is 0 Å². The second kappa shape index (κ2) is 8.69. The van der Waals surface area contributed by atoms with Crippen LogP contribution >= 0.6 is 15.9 Å². The molecule has 0 bridgehead atoms. The molecule has 5 heteroatoms. The van der Waals surface area contributed by atoms with Gasteiger partial charge in [0.05, 0.1) is 6.54 Å². The first-order valence-electron chi connectivity index (χ1n) is 7.28. The lowest BCUT2D eigenvalue weighted by molar-refractivity contribution is 0.180. The number of halogens is 1. The number of alkyl halides is 1. The topological polar surface area (TPSA) is 34.0 Å². The Morgan fingerprint density at radius 2 is 2.00 bits per heavy atom. The fourth-order valence-corrected chi connectivity index (χ4v) is 2.85. The van der Waals surface area contributed by atoms with Crippen molar-refractivity contribution >= 4 is 15.9 Å². The van der Waals surface area contributed by atoms with E-state index in [2.05, 4.69) is 58.6 Å². The summed E-state index contributed by atoms with van der Waals surface area (Å²) in [4.78, 5) is 6.95. The summed E-state index contributed by atoms with van der Waals surface area (Å²) in [6.45, 7) is 11.8. The van der Waals surface area contributed by atoms with E-state index in [1.165, 1.54) is 12.8 Å². The second-order valence-electron chi connectivity index (χ2n) is 5.38. The molecule has 19 heavy (non-hydrogen) atoms. The van der Waals surface area contributed by atoms with Gasteiger partial charge in [-0.1, -0.05) is 43.6 Å². The van der Waals surface area contributed by atoms with Gasteiger partial charge in [0.2, 0.25) is 0 Å². The lowest BCUT2D eigenvalue weighted by Gasteiger charge is -2.29. The largest absolute Gasteiger partial charge is 0.292 e. The van der Waals surface area contributed by atoms with Gasteiger partial charge in [-0.25, -0.2) is 9.67 Å². The molecule has 1 aromatic heterocycles. The third-order valence-corrected chi connectivity index (χ3v) is 3.76. The third kappa shape index (κ3) is 5.22. The zero-order valence-corrected chi connectivity index (χ0v) is 14.2. The molecule has 1 heterocycles. The van der Waals surface area contributed by atoms with E-state index in [0.29, 0.717) is 12.0 Å². The second-order valence-corrected chi connectivity index (χ2v) is 6.18. The fourth-order valence-electron chi connectivity index (χ4n) is 2.39. The van der Waals surface area contributed by atoms with Crippen molar-refractivity contribution in [2.75, 3.05) is 11.9 Å². The highest BCUT2D eigenvalue weighted by molar-refractivity contribution is 9.09. The molecule has 4 nitrogen and oxygen atoms in total. The summed E-state index contributed by atoms with van der Waals surface area (Å²) >= 11 is 3.56. The van der Waals surface area contributed by atoms with Crippen molar-refractivity contribution in [3.63, 3.8) is 0 Å². The molecule has 0 aliphatic rings. The Morgan fingerprint density at radius 1 is 1.32 bits per heavy atom. The van der Waals surface area contributed by atoms with E-state index in [1.54, 1.807) is 6.33 Å². The van der Waals surface area contributed by atoms with Crippen LogP contribution in [0.4, 0.5) is 0 Å². The summed E-state index contributed by atoms with van der Waals surface area (Å²) in [7, 11) is 0. The Labute approximate surface area is 125 Å². The van der Waals surface area contributed by atoms with Crippen molar-refractivity contribution in [2.24, 2.45) is 5.92 Å². The van der Waals surface area contributed by atoms with Crippen LogP contribution in [0.15, 0.2) is 6.33 Å². The molecule has 0 spiro atoms. The molecule has 0 atom stereocenters. The number of aromatic nitrogens is 3. The van der Waals surface area contributed by atoms with Gasteiger partial charge in [0.1, 0.15) is 12.2 Å². The third-order valence-electron chi connectivity index (χ3n) is 3.41. The first kappa shape index (κ1) is 16.6. The van der Waals surface area contributed by atoms with Crippen LogP contribution < -0.4 is 0 Å². The summed E-state index contributed by atoms with van der Waals surface area (Å²) in [5.74, 6) is 1.68. The molecular weight excluding hydrogens is 304 g/mol. The Morgan fingerprint density at radius 3 is 2.53 bits per heavy atom. The molecule has 0 amide bonds. The maximum absolute atomic E-state index is 4.44. The smallest absolute Gasteiger partial charge is 0.141 e. The minimum atomic E-state index is 0.596. The van der Waals surface area contributed by atoms with Crippen LogP contribution in [0.25, 0.3) is 0 Å². The average molecular weight is 331 g/mol. The molecule has 1 rings (SSSR count). The van der Waals surface area contributed by atoms with Crippen LogP contribution in [-0.2, 0) is 13.1 Å². The molecule has 0 saturated heterocycles. The van der Waals surface area contributed by atoms with E-state index in [1.807, 2.05) is 4.68 Å². The standard InChI is InChI=1S/C14H27BrN4/c1-5-13(6-2)18(8-7-15)10-14-16-11-17-19(14)9-12(3)4/h11-13H,5-10H2,1-4H3. The SMILES string of the molecule is CCC(CC)N(CCBr)Cc1ncnn1CC(C)C. The van der Waals surface area contributed by atoms with Gasteiger partial charge in [0.25, 0.3) is 0 Å². The van der Waals surface area contributed by atoms with Crippen molar-refractivity contribution in [1.82, 2.24) is 19.7 Å². The molecule has 0 aliphatic heterocycles. The Bertz CT molecular complexity index is 347. The van der Waals surface area contributed by atoms with E-state index < -0.39 is 0 Å². The van der Waals surface area contributed by atoms with Crippen LogP contribution in [0.5, 0.6) is 0 Å². The average Bonchev–Trinajstić information content (AvgIpc) is 2.77. The molecule has 1 aromatic rings. The normalized spacial score (nSPS) is 12.0. The Hall–Kier alpha value is -0.420. The Balaban J connectivity index is 2.75. The van der Waals surface area contributed by atoms with Crippen molar-refractivity contribution in [3.8, 4) is 0 Å². The molecule has 0 fully saturated rings. The maximum Gasteiger partial charge on any atom is 0.141 e. The highest BCUT2D eigenvalue weighted by atomic mass is 79.9. The zero-order chi connectivity index (χ0) is 14.3. The molecule has 0 aromatic carbocycles. The van der Waals surface area contributed by atoms with Gasteiger partial charge < -0.3 is 0 Å². The highest BCUT2D eigenvalue weighted by Crippen LogP contribution is 2.13. The number of hydrogen-bond donors (Lipinski definition) is 0. The summed E-state index contributed by atoms with van der Waals surface area (Å²) in [5, 5.41) is 5.35. The van der Waals surface area contributed by atoms with Gasteiger partial charge in [-0.15, -0.1) is 0 Å². The van der Waals surface area contributed by atoms with E-state index in [4.69, 9.17) is 0 Å². The molecule has 0 saturated carbocycles. The maximum atomic E-state index is 4.44. The molecule has 0 aliphatic carbocycles. The number of rotatable bonds is 9. The molecule has 0 unspecified atom stereocenters. The van der Waals surface area contributed by atoms with E-state index in [9.17, 15) is 0 Å². The summed E-state index contributed by atoms with van der Waals surface area (Å²) < 4.78 is 2.05. The van der Waals surface area contributed by atoms with Crippen molar-refractivity contribution in [2.45, 2.75) is 59.7 Å². The quantitative estimate of drug-likeness (QED) is 0.651. The summed E-state index contributed by atoms with van der Waals surface area (Å²) in [6.07, 6.45) is 4.04. The first-order chi connectivity index (χ1) is 9.12. The number of hydrogen-bond acceptors (Lipinski definition) is 3. The molecule has 110 valence electrons. The monoisotopic (exact) mass is 330 g/mol. The highest BCUT2D eigenvalue weighted by Gasteiger charge is 2.17. The first-order valence-corrected chi connectivity index (χ1v) is 8.41. The lowest BCUT2D eigenvalue weighted by Crippen LogP contribution is -2.36. The summed E-state index contributed by atoms with van der Waals surface area (Å²) in [5.41, 5.74) is 0. The minimum Gasteiger partial charge on any atom is -0.292 e. The van der Waals surface area contributed by atoms with Crippen LogP contribution in [0, 0.1) is 5.92 Å².